The average molecular weight is 450 g/mol. The van der Waals surface area contributed by atoms with Crippen molar-refractivity contribution < 1.29 is 13.1 Å². The summed E-state index contributed by atoms with van der Waals surface area (Å²) in [6.07, 6.45) is 1.59. The van der Waals surface area contributed by atoms with Gasteiger partial charge in [0, 0.05) is 0 Å². The topological polar surface area (TPSA) is 47.6 Å². The van der Waals surface area contributed by atoms with E-state index in [0.717, 1.165) is 0 Å². The normalized spacial score (nSPS) is 17.9. The molecule has 1 N–H and O–H groups in total. The third-order valence-electron chi connectivity index (χ3n) is 6.12. The van der Waals surface area contributed by atoms with Gasteiger partial charge in [-0.15, -0.1) is 6.58 Å². The first-order chi connectivity index (χ1) is 12.2. The van der Waals surface area contributed by atoms with Gasteiger partial charge in [-0.3, -0.25) is 0 Å². The van der Waals surface area contributed by atoms with E-state index in [1.807, 2.05) is 26.8 Å². The Morgan fingerprint density at radius 3 is 1.68 bits per heavy atom. The molecule has 0 saturated heterocycles. The standard InChI is InChI=1S/C21H47NO3SSi2/c1-15-17(22-26(23)19(2,3)4)18(25-28(13,14)21(8,9)10)16-24-27(11,12)20(5,6)7/h15,17-18,22H,1,16H2,2-14H3/t17-,18-,26?/m1/s1. The molecule has 0 bridgehead atoms. The van der Waals surface area contributed by atoms with Gasteiger partial charge in [-0.05, 0) is 57.0 Å². The number of rotatable bonds is 9. The summed E-state index contributed by atoms with van der Waals surface area (Å²) in [6.45, 7) is 32.8. The molecule has 0 aromatic carbocycles. The Labute approximate surface area is 180 Å². The minimum absolute atomic E-state index is 0.0805. The molecule has 4 nitrogen and oxygen atoms in total. The first-order valence-corrected chi connectivity index (χ1v) is 17.2. The van der Waals surface area contributed by atoms with Gasteiger partial charge in [0.15, 0.2) is 16.6 Å². The predicted molar refractivity (Wildman–Crippen MR) is 130 cm³/mol. The van der Waals surface area contributed by atoms with Crippen molar-refractivity contribution in [2.75, 3.05) is 6.61 Å². The lowest BCUT2D eigenvalue weighted by atomic mass is 10.2. The molecule has 0 aromatic rings. The minimum atomic E-state index is -2.04. The molecule has 0 radical (unpaired) electrons. The van der Waals surface area contributed by atoms with Crippen LogP contribution >= 0.6 is 0 Å². The van der Waals surface area contributed by atoms with Gasteiger partial charge >= 0.3 is 0 Å². The molecule has 28 heavy (non-hydrogen) atoms. The zero-order valence-electron chi connectivity index (χ0n) is 20.8. The van der Waals surface area contributed by atoms with E-state index < -0.39 is 27.6 Å². The van der Waals surface area contributed by atoms with E-state index in [9.17, 15) is 4.21 Å². The highest BCUT2D eigenvalue weighted by atomic mass is 32.2. The number of hydrogen-bond donors (Lipinski definition) is 1. The second-order valence-corrected chi connectivity index (χ2v) is 23.3. The van der Waals surface area contributed by atoms with E-state index in [-0.39, 0.29) is 27.0 Å². The van der Waals surface area contributed by atoms with Crippen LogP contribution in [0.1, 0.15) is 62.3 Å². The SMILES string of the molecule is C=C[C@@H](NS(=O)C(C)(C)C)[C@@H](CO[Si](C)(C)C(C)(C)C)O[Si](C)(C)C(C)(C)C. The molecule has 7 heteroatoms. The van der Waals surface area contributed by atoms with Gasteiger partial charge in [0.05, 0.1) is 34.5 Å². The van der Waals surface area contributed by atoms with Gasteiger partial charge < -0.3 is 8.85 Å². The Kier molecular flexibility index (Phi) is 9.63. The fourth-order valence-electron chi connectivity index (χ4n) is 1.85. The van der Waals surface area contributed by atoms with Gasteiger partial charge in [-0.2, -0.15) is 0 Å². The van der Waals surface area contributed by atoms with Crippen LogP contribution in [0.15, 0.2) is 12.7 Å². The highest BCUT2D eigenvalue weighted by Crippen LogP contribution is 2.39. The smallest absolute Gasteiger partial charge is 0.192 e. The van der Waals surface area contributed by atoms with Crippen molar-refractivity contribution in [1.82, 2.24) is 4.72 Å². The summed E-state index contributed by atoms with van der Waals surface area (Å²) in [4.78, 5) is 0. The van der Waals surface area contributed by atoms with E-state index >= 15 is 0 Å². The molecule has 0 amide bonds. The third-order valence-corrected chi connectivity index (χ3v) is 16.7. The van der Waals surface area contributed by atoms with Crippen molar-refractivity contribution in [3.8, 4) is 0 Å². The maximum Gasteiger partial charge on any atom is 0.192 e. The van der Waals surface area contributed by atoms with Crippen LogP contribution in [0.25, 0.3) is 0 Å². The summed E-state index contributed by atoms with van der Waals surface area (Å²) >= 11 is 0. The Balaban J connectivity index is 5.71. The van der Waals surface area contributed by atoms with Crippen LogP contribution in [0.5, 0.6) is 0 Å². The lowest BCUT2D eigenvalue weighted by molar-refractivity contribution is 0.0941. The van der Waals surface area contributed by atoms with E-state index in [1.54, 1.807) is 0 Å². The van der Waals surface area contributed by atoms with E-state index in [0.29, 0.717) is 6.61 Å². The van der Waals surface area contributed by atoms with Crippen molar-refractivity contribution in [3.63, 3.8) is 0 Å². The zero-order chi connectivity index (χ0) is 22.8. The summed E-state index contributed by atoms with van der Waals surface area (Å²) in [7, 11) is -5.17. The predicted octanol–water partition coefficient (Wildman–Crippen LogP) is 6.01. The van der Waals surface area contributed by atoms with Gasteiger partial charge in [0.2, 0.25) is 0 Å². The molecule has 0 fully saturated rings. The van der Waals surface area contributed by atoms with Crippen molar-refractivity contribution in [2.24, 2.45) is 0 Å². The first kappa shape index (κ1) is 28.2. The van der Waals surface area contributed by atoms with Gasteiger partial charge in [0.25, 0.3) is 0 Å². The van der Waals surface area contributed by atoms with E-state index in [4.69, 9.17) is 8.85 Å². The van der Waals surface area contributed by atoms with Crippen molar-refractivity contribution in [2.45, 2.75) is 115 Å². The van der Waals surface area contributed by atoms with Crippen LogP contribution < -0.4 is 4.72 Å². The lowest BCUT2D eigenvalue weighted by Crippen LogP contribution is -2.54. The van der Waals surface area contributed by atoms with Crippen molar-refractivity contribution in [3.05, 3.63) is 12.7 Å². The highest BCUT2D eigenvalue weighted by Gasteiger charge is 2.43. The van der Waals surface area contributed by atoms with Crippen LogP contribution in [0.4, 0.5) is 0 Å². The molecule has 0 spiro atoms. The van der Waals surface area contributed by atoms with Crippen molar-refractivity contribution >= 4 is 27.6 Å². The summed E-state index contributed by atoms with van der Waals surface area (Å²) in [5.74, 6) is 0. The zero-order valence-corrected chi connectivity index (χ0v) is 23.6. The largest absolute Gasteiger partial charge is 0.414 e. The number of nitrogens with one attached hydrogen (secondary N) is 1. The van der Waals surface area contributed by atoms with Crippen LogP contribution in [-0.4, -0.2) is 44.3 Å². The van der Waals surface area contributed by atoms with Crippen LogP contribution in [0, 0.1) is 0 Å². The summed E-state index contributed by atoms with van der Waals surface area (Å²) < 4.78 is 28.9. The molecule has 0 aliphatic carbocycles. The Morgan fingerprint density at radius 1 is 0.929 bits per heavy atom. The Hall–Kier alpha value is 0.204. The first-order valence-electron chi connectivity index (χ1n) is 10.3. The third kappa shape index (κ3) is 8.15. The summed E-state index contributed by atoms with van der Waals surface area (Å²) in [5, 5.41) is 0.205. The molecular weight excluding hydrogens is 402 g/mol. The average Bonchev–Trinajstić information content (AvgIpc) is 2.45. The van der Waals surface area contributed by atoms with E-state index in [2.05, 4.69) is 79.0 Å². The van der Waals surface area contributed by atoms with Crippen LogP contribution in [0.3, 0.4) is 0 Å². The Bertz CT molecular complexity index is 543. The molecule has 0 rings (SSSR count). The van der Waals surface area contributed by atoms with Gasteiger partial charge in [-0.25, -0.2) is 8.93 Å². The number of hydrogen-bond acceptors (Lipinski definition) is 3. The van der Waals surface area contributed by atoms with Gasteiger partial charge in [-0.1, -0.05) is 47.6 Å². The highest BCUT2D eigenvalue weighted by molar-refractivity contribution is 7.84. The molecule has 0 heterocycles. The molecular formula is C21H47NO3SSi2. The second-order valence-electron chi connectivity index (χ2n) is 11.7. The minimum Gasteiger partial charge on any atom is -0.414 e. The maximum absolute atomic E-state index is 12.7. The molecule has 168 valence electrons. The quantitative estimate of drug-likeness (QED) is 0.346. The molecule has 0 aliphatic heterocycles. The molecule has 1 unspecified atom stereocenters. The maximum atomic E-state index is 12.7. The van der Waals surface area contributed by atoms with Crippen molar-refractivity contribution in [1.29, 1.82) is 0 Å². The van der Waals surface area contributed by atoms with Crippen LogP contribution in [-0.2, 0) is 19.8 Å². The summed E-state index contributed by atoms with van der Waals surface area (Å²) in [6, 6.07) is -0.237. The lowest BCUT2D eigenvalue weighted by Gasteiger charge is -2.43. The summed E-state index contributed by atoms with van der Waals surface area (Å²) in [5.41, 5.74) is 0. The Morgan fingerprint density at radius 2 is 1.36 bits per heavy atom. The fraction of sp³-hybridized carbons (Fsp3) is 0.905. The molecule has 3 atom stereocenters. The molecule has 0 saturated carbocycles. The molecule has 0 aliphatic rings. The van der Waals surface area contributed by atoms with E-state index in [1.165, 1.54) is 0 Å². The van der Waals surface area contributed by atoms with Crippen LogP contribution in [0.2, 0.25) is 36.3 Å². The monoisotopic (exact) mass is 449 g/mol. The molecule has 0 aromatic heterocycles. The second kappa shape index (κ2) is 9.56. The fourth-order valence-corrected chi connectivity index (χ4v) is 5.04. The van der Waals surface area contributed by atoms with Gasteiger partial charge in [0.1, 0.15) is 0 Å².